The molecule has 1 amide bonds. The molecule has 0 fully saturated rings. The highest BCUT2D eigenvalue weighted by Crippen LogP contribution is 2.28. The van der Waals surface area contributed by atoms with Gasteiger partial charge < -0.3 is 9.88 Å². The second-order valence-corrected chi connectivity index (χ2v) is 7.34. The Hall–Kier alpha value is -2.66. The Labute approximate surface area is 158 Å². The lowest BCUT2D eigenvalue weighted by Crippen LogP contribution is -2.14. The number of aryl methyl sites for hydroxylation is 2. The van der Waals surface area contributed by atoms with Crippen LogP contribution in [0.2, 0.25) is 0 Å². The van der Waals surface area contributed by atoms with Crippen LogP contribution in [-0.4, -0.2) is 15.5 Å². The SMILES string of the molecule is C=CCn1c(C)cc(-c2csc(CC(=O)Nc3ccc(C)cc3)n2)c1C. The summed E-state index contributed by atoms with van der Waals surface area (Å²) in [5.74, 6) is -0.0492. The molecule has 2 aromatic heterocycles. The van der Waals surface area contributed by atoms with Gasteiger partial charge in [-0.25, -0.2) is 4.98 Å². The van der Waals surface area contributed by atoms with Gasteiger partial charge in [-0.2, -0.15) is 0 Å². The molecule has 134 valence electrons. The Morgan fingerprint density at radius 1 is 1.27 bits per heavy atom. The molecule has 0 aliphatic heterocycles. The number of nitrogens with one attached hydrogen (secondary N) is 1. The van der Waals surface area contributed by atoms with E-state index < -0.39 is 0 Å². The second kappa shape index (κ2) is 7.70. The van der Waals surface area contributed by atoms with Gasteiger partial charge in [-0.3, -0.25) is 4.79 Å². The third kappa shape index (κ3) is 3.94. The van der Waals surface area contributed by atoms with E-state index in [-0.39, 0.29) is 12.3 Å². The van der Waals surface area contributed by atoms with E-state index in [2.05, 4.69) is 41.4 Å². The molecule has 0 saturated carbocycles. The summed E-state index contributed by atoms with van der Waals surface area (Å²) in [6.07, 6.45) is 2.18. The maximum absolute atomic E-state index is 12.3. The van der Waals surface area contributed by atoms with E-state index in [1.807, 2.05) is 42.6 Å². The summed E-state index contributed by atoms with van der Waals surface area (Å²) in [7, 11) is 0. The van der Waals surface area contributed by atoms with Gasteiger partial charge >= 0.3 is 0 Å². The van der Waals surface area contributed by atoms with E-state index >= 15 is 0 Å². The van der Waals surface area contributed by atoms with Gasteiger partial charge in [0.1, 0.15) is 5.01 Å². The fourth-order valence-corrected chi connectivity index (χ4v) is 3.76. The van der Waals surface area contributed by atoms with Gasteiger partial charge in [-0.05, 0) is 39.0 Å². The van der Waals surface area contributed by atoms with Crippen LogP contribution in [0.25, 0.3) is 11.3 Å². The predicted molar refractivity (Wildman–Crippen MR) is 109 cm³/mol. The molecule has 0 bridgehead atoms. The molecule has 4 nitrogen and oxygen atoms in total. The second-order valence-electron chi connectivity index (χ2n) is 6.40. The zero-order valence-electron chi connectivity index (χ0n) is 15.4. The molecule has 0 spiro atoms. The summed E-state index contributed by atoms with van der Waals surface area (Å²) in [6, 6.07) is 9.93. The van der Waals surface area contributed by atoms with Gasteiger partial charge in [0.2, 0.25) is 5.91 Å². The molecule has 5 heteroatoms. The quantitative estimate of drug-likeness (QED) is 0.631. The Balaban J connectivity index is 1.72. The lowest BCUT2D eigenvalue weighted by atomic mass is 10.2. The van der Waals surface area contributed by atoms with E-state index in [9.17, 15) is 4.79 Å². The van der Waals surface area contributed by atoms with Crippen molar-refractivity contribution in [2.75, 3.05) is 5.32 Å². The Kier molecular flexibility index (Phi) is 5.38. The van der Waals surface area contributed by atoms with Gasteiger partial charge in [0.25, 0.3) is 0 Å². The summed E-state index contributed by atoms with van der Waals surface area (Å²) < 4.78 is 2.21. The molecule has 3 rings (SSSR count). The molecular formula is C21H23N3OS. The summed E-state index contributed by atoms with van der Waals surface area (Å²) in [6.45, 7) is 10.8. The highest BCUT2D eigenvalue weighted by Gasteiger charge is 2.14. The number of nitrogens with zero attached hydrogens (tertiary/aromatic N) is 2. The van der Waals surface area contributed by atoms with E-state index in [0.717, 1.165) is 28.5 Å². The van der Waals surface area contributed by atoms with Crippen LogP contribution in [0.5, 0.6) is 0 Å². The molecule has 1 N–H and O–H groups in total. The average molecular weight is 366 g/mol. The number of thiazole rings is 1. The van der Waals surface area contributed by atoms with Gasteiger partial charge in [0.15, 0.2) is 0 Å². The van der Waals surface area contributed by atoms with E-state index in [4.69, 9.17) is 0 Å². The van der Waals surface area contributed by atoms with Crippen LogP contribution in [0, 0.1) is 20.8 Å². The maximum Gasteiger partial charge on any atom is 0.231 e. The normalized spacial score (nSPS) is 10.7. The Morgan fingerprint density at radius 2 is 2.00 bits per heavy atom. The molecule has 0 aliphatic rings. The van der Waals surface area contributed by atoms with Crippen molar-refractivity contribution in [2.24, 2.45) is 0 Å². The van der Waals surface area contributed by atoms with Gasteiger partial charge in [-0.15, -0.1) is 17.9 Å². The Bertz CT molecular complexity index is 935. The molecular weight excluding hydrogens is 342 g/mol. The highest BCUT2D eigenvalue weighted by atomic mass is 32.1. The monoisotopic (exact) mass is 365 g/mol. The summed E-state index contributed by atoms with van der Waals surface area (Å²) in [4.78, 5) is 16.9. The summed E-state index contributed by atoms with van der Waals surface area (Å²) in [5, 5.41) is 5.76. The molecule has 1 aromatic carbocycles. The maximum atomic E-state index is 12.3. The van der Waals surface area contributed by atoms with Crippen molar-refractivity contribution in [3.05, 3.63) is 70.3 Å². The van der Waals surface area contributed by atoms with Crippen LogP contribution in [0.3, 0.4) is 0 Å². The zero-order chi connectivity index (χ0) is 18.7. The Morgan fingerprint density at radius 3 is 2.69 bits per heavy atom. The zero-order valence-corrected chi connectivity index (χ0v) is 16.2. The number of aromatic nitrogens is 2. The van der Waals surface area contributed by atoms with Gasteiger partial charge in [0.05, 0.1) is 12.1 Å². The molecule has 0 atom stereocenters. The molecule has 26 heavy (non-hydrogen) atoms. The van der Waals surface area contributed by atoms with E-state index in [1.54, 1.807) is 0 Å². The lowest BCUT2D eigenvalue weighted by Gasteiger charge is -2.05. The summed E-state index contributed by atoms with van der Waals surface area (Å²) in [5.41, 5.74) is 6.38. The first-order valence-corrected chi connectivity index (χ1v) is 9.45. The van der Waals surface area contributed by atoms with Gasteiger partial charge in [-0.1, -0.05) is 23.8 Å². The van der Waals surface area contributed by atoms with Crippen molar-refractivity contribution >= 4 is 22.9 Å². The minimum Gasteiger partial charge on any atom is -0.345 e. The number of allylic oxidation sites excluding steroid dienone is 1. The molecule has 0 unspecified atom stereocenters. The fraction of sp³-hybridized carbons (Fsp3) is 0.238. The average Bonchev–Trinajstić information content (AvgIpc) is 3.16. The minimum atomic E-state index is -0.0492. The first kappa shape index (κ1) is 18.1. The number of carbonyl (C=O) groups excluding carboxylic acids is 1. The smallest absolute Gasteiger partial charge is 0.231 e. The van der Waals surface area contributed by atoms with Crippen molar-refractivity contribution in [3.63, 3.8) is 0 Å². The lowest BCUT2D eigenvalue weighted by molar-refractivity contribution is -0.115. The molecule has 0 radical (unpaired) electrons. The molecule has 3 aromatic rings. The first-order chi connectivity index (χ1) is 12.5. The van der Waals surface area contributed by atoms with Crippen molar-refractivity contribution in [1.82, 2.24) is 9.55 Å². The van der Waals surface area contributed by atoms with Crippen molar-refractivity contribution < 1.29 is 4.79 Å². The third-order valence-electron chi connectivity index (χ3n) is 4.36. The van der Waals surface area contributed by atoms with Crippen molar-refractivity contribution in [1.29, 1.82) is 0 Å². The molecule has 0 aliphatic carbocycles. The van der Waals surface area contributed by atoms with E-state index in [1.165, 1.54) is 28.3 Å². The van der Waals surface area contributed by atoms with Crippen LogP contribution in [0.15, 0.2) is 48.4 Å². The van der Waals surface area contributed by atoms with Crippen LogP contribution in [0.1, 0.15) is 22.0 Å². The largest absolute Gasteiger partial charge is 0.345 e. The van der Waals surface area contributed by atoms with Crippen LogP contribution >= 0.6 is 11.3 Å². The van der Waals surface area contributed by atoms with Crippen LogP contribution in [-0.2, 0) is 17.8 Å². The van der Waals surface area contributed by atoms with Crippen LogP contribution < -0.4 is 5.32 Å². The molecule has 2 heterocycles. The highest BCUT2D eigenvalue weighted by molar-refractivity contribution is 7.10. The number of rotatable bonds is 6. The summed E-state index contributed by atoms with van der Waals surface area (Å²) >= 11 is 1.52. The van der Waals surface area contributed by atoms with Gasteiger partial charge in [0, 0.05) is 34.6 Å². The fourth-order valence-electron chi connectivity index (χ4n) is 2.97. The topological polar surface area (TPSA) is 46.9 Å². The standard InChI is InChI=1S/C21H23N3OS/c1-5-10-24-15(3)11-18(16(24)4)19-13-26-21(23-19)12-20(25)22-17-8-6-14(2)7-9-17/h5-9,11,13H,1,10,12H2,2-4H3,(H,22,25). The minimum absolute atomic E-state index is 0.0492. The number of anilines is 1. The first-order valence-electron chi connectivity index (χ1n) is 8.57. The van der Waals surface area contributed by atoms with E-state index in [0.29, 0.717) is 0 Å². The van der Waals surface area contributed by atoms with Crippen molar-refractivity contribution in [3.8, 4) is 11.3 Å². The number of hydrogen-bond acceptors (Lipinski definition) is 3. The molecule has 0 saturated heterocycles. The third-order valence-corrected chi connectivity index (χ3v) is 5.21. The van der Waals surface area contributed by atoms with Crippen molar-refractivity contribution in [2.45, 2.75) is 33.7 Å². The number of hydrogen-bond donors (Lipinski definition) is 1. The number of carbonyl (C=O) groups is 1. The van der Waals surface area contributed by atoms with Crippen LogP contribution in [0.4, 0.5) is 5.69 Å². The predicted octanol–water partition coefficient (Wildman–Crippen LogP) is 4.90. The number of amides is 1. The number of benzene rings is 1.